The molecule has 0 aromatic heterocycles. The van der Waals surface area contributed by atoms with Gasteiger partial charge in [0.15, 0.2) is 0 Å². The van der Waals surface area contributed by atoms with Gasteiger partial charge in [0.25, 0.3) is 0 Å². The summed E-state index contributed by atoms with van der Waals surface area (Å²) in [5.41, 5.74) is 0.430. The molecule has 1 aromatic carbocycles. The van der Waals surface area contributed by atoms with E-state index in [2.05, 4.69) is 18.9 Å². The Balaban J connectivity index is 2.27. The Morgan fingerprint density at radius 2 is 2.00 bits per heavy atom. The fourth-order valence-corrected chi connectivity index (χ4v) is 2.47. The fraction of sp³-hybridized carbons (Fsp3) is 0.538. The predicted molar refractivity (Wildman–Crippen MR) is 61.6 cm³/mol. The minimum Gasteiger partial charge on any atom is -0.385 e. The first kappa shape index (κ1) is 10.7. The van der Waals surface area contributed by atoms with Gasteiger partial charge in [-0.15, -0.1) is 0 Å². The minimum absolute atomic E-state index is 0.290. The van der Waals surface area contributed by atoms with Crippen molar-refractivity contribution < 1.29 is 5.11 Å². The maximum absolute atomic E-state index is 10.7. The molecule has 2 atom stereocenters. The van der Waals surface area contributed by atoms with E-state index in [0.717, 1.165) is 25.1 Å². The van der Waals surface area contributed by atoms with E-state index in [-0.39, 0.29) is 0 Å². The SMILES string of the molecule is C[C@H]1CN(C)CC[C@]1(O)c1ccccc1. The van der Waals surface area contributed by atoms with E-state index in [4.69, 9.17) is 0 Å². The molecule has 1 saturated heterocycles. The van der Waals surface area contributed by atoms with Gasteiger partial charge in [0.1, 0.15) is 0 Å². The van der Waals surface area contributed by atoms with E-state index in [1.54, 1.807) is 0 Å². The van der Waals surface area contributed by atoms with Crippen molar-refractivity contribution in [2.75, 3.05) is 20.1 Å². The first-order chi connectivity index (χ1) is 7.13. The van der Waals surface area contributed by atoms with Gasteiger partial charge in [0, 0.05) is 19.0 Å². The van der Waals surface area contributed by atoms with Crippen molar-refractivity contribution in [3.8, 4) is 0 Å². The summed E-state index contributed by atoms with van der Waals surface area (Å²) in [7, 11) is 2.11. The Morgan fingerprint density at radius 1 is 1.33 bits per heavy atom. The first-order valence-corrected chi connectivity index (χ1v) is 5.59. The molecule has 2 nitrogen and oxygen atoms in total. The molecule has 2 heteroatoms. The molecule has 0 saturated carbocycles. The lowest BCUT2D eigenvalue weighted by Crippen LogP contribution is -2.47. The van der Waals surface area contributed by atoms with Gasteiger partial charge in [0.05, 0.1) is 5.60 Å². The number of piperidine rings is 1. The van der Waals surface area contributed by atoms with Crippen molar-refractivity contribution in [2.45, 2.75) is 18.9 Å². The molecule has 1 aliphatic heterocycles. The predicted octanol–water partition coefficient (Wildman–Crippen LogP) is 1.85. The lowest BCUT2D eigenvalue weighted by atomic mass is 9.77. The number of nitrogens with zero attached hydrogens (tertiary/aromatic N) is 1. The molecule has 0 amide bonds. The van der Waals surface area contributed by atoms with Gasteiger partial charge in [-0.05, 0) is 19.0 Å². The van der Waals surface area contributed by atoms with Gasteiger partial charge < -0.3 is 10.0 Å². The molecule has 0 aliphatic carbocycles. The van der Waals surface area contributed by atoms with Crippen molar-refractivity contribution in [3.05, 3.63) is 35.9 Å². The second-order valence-corrected chi connectivity index (χ2v) is 4.70. The molecular formula is C13H19NO. The molecule has 82 valence electrons. The Hall–Kier alpha value is -0.860. The molecule has 15 heavy (non-hydrogen) atoms. The number of benzene rings is 1. The molecule has 0 unspecified atom stereocenters. The summed E-state index contributed by atoms with van der Waals surface area (Å²) in [6.07, 6.45) is 0.828. The third-order valence-electron chi connectivity index (χ3n) is 3.55. The van der Waals surface area contributed by atoms with Gasteiger partial charge in [-0.25, -0.2) is 0 Å². The lowest BCUT2D eigenvalue weighted by Gasteiger charge is -2.42. The molecule has 1 aliphatic rings. The van der Waals surface area contributed by atoms with Crippen LogP contribution in [0.5, 0.6) is 0 Å². The summed E-state index contributed by atoms with van der Waals surface area (Å²) < 4.78 is 0. The van der Waals surface area contributed by atoms with Crippen LogP contribution in [0.2, 0.25) is 0 Å². The fourth-order valence-electron chi connectivity index (χ4n) is 2.47. The summed E-state index contributed by atoms with van der Waals surface area (Å²) in [6.45, 7) is 4.06. The van der Waals surface area contributed by atoms with Crippen LogP contribution in [-0.4, -0.2) is 30.1 Å². The average Bonchev–Trinajstić information content (AvgIpc) is 2.25. The number of aliphatic hydroxyl groups is 1. The second-order valence-electron chi connectivity index (χ2n) is 4.70. The smallest absolute Gasteiger partial charge is 0.0946 e. The Labute approximate surface area is 91.5 Å². The van der Waals surface area contributed by atoms with Crippen LogP contribution in [0.15, 0.2) is 30.3 Å². The highest BCUT2D eigenvalue weighted by Gasteiger charge is 2.38. The van der Waals surface area contributed by atoms with Gasteiger partial charge in [-0.3, -0.25) is 0 Å². The topological polar surface area (TPSA) is 23.5 Å². The van der Waals surface area contributed by atoms with Crippen LogP contribution >= 0.6 is 0 Å². The van der Waals surface area contributed by atoms with Crippen molar-refractivity contribution in [3.63, 3.8) is 0 Å². The Kier molecular flexibility index (Phi) is 2.81. The summed E-state index contributed by atoms with van der Waals surface area (Å²) in [5.74, 6) is 0.290. The van der Waals surface area contributed by atoms with Crippen molar-refractivity contribution in [2.24, 2.45) is 5.92 Å². The molecule has 0 radical (unpaired) electrons. The van der Waals surface area contributed by atoms with Crippen LogP contribution in [0.3, 0.4) is 0 Å². The molecule has 1 fully saturated rings. The highest BCUT2D eigenvalue weighted by molar-refractivity contribution is 5.24. The summed E-state index contributed by atoms with van der Waals surface area (Å²) >= 11 is 0. The van der Waals surface area contributed by atoms with Crippen molar-refractivity contribution in [1.29, 1.82) is 0 Å². The zero-order valence-corrected chi connectivity index (χ0v) is 9.48. The quantitative estimate of drug-likeness (QED) is 0.756. The highest BCUT2D eigenvalue weighted by atomic mass is 16.3. The van der Waals surface area contributed by atoms with Crippen LogP contribution in [0.4, 0.5) is 0 Å². The third-order valence-corrected chi connectivity index (χ3v) is 3.55. The van der Waals surface area contributed by atoms with Crippen LogP contribution < -0.4 is 0 Å². The van der Waals surface area contributed by atoms with Crippen molar-refractivity contribution in [1.82, 2.24) is 4.90 Å². The molecule has 1 heterocycles. The molecule has 1 N–H and O–H groups in total. The van der Waals surface area contributed by atoms with E-state index < -0.39 is 5.60 Å². The number of hydrogen-bond acceptors (Lipinski definition) is 2. The molecule has 2 rings (SSSR count). The lowest BCUT2D eigenvalue weighted by molar-refractivity contribution is -0.0659. The van der Waals surface area contributed by atoms with Crippen LogP contribution in [0.25, 0.3) is 0 Å². The maximum atomic E-state index is 10.7. The van der Waals surface area contributed by atoms with E-state index in [1.807, 2.05) is 30.3 Å². The van der Waals surface area contributed by atoms with Gasteiger partial charge >= 0.3 is 0 Å². The van der Waals surface area contributed by atoms with E-state index in [9.17, 15) is 5.11 Å². The molecular weight excluding hydrogens is 186 g/mol. The van der Waals surface area contributed by atoms with Gasteiger partial charge in [-0.1, -0.05) is 37.3 Å². The zero-order valence-electron chi connectivity index (χ0n) is 9.48. The summed E-state index contributed by atoms with van der Waals surface area (Å²) in [6, 6.07) is 10.0. The monoisotopic (exact) mass is 205 g/mol. The van der Waals surface area contributed by atoms with E-state index >= 15 is 0 Å². The highest BCUT2D eigenvalue weighted by Crippen LogP contribution is 2.36. The van der Waals surface area contributed by atoms with Gasteiger partial charge in [-0.2, -0.15) is 0 Å². The standard InChI is InChI=1S/C13H19NO/c1-11-10-14(2)9-8-13(11,15)12-6-4-3-5-7-12/h3-7,11,15H,8-10H2,1-2H3/t11-,13+/m0/s1. The van der Waals surface area contributed by atoms with E-state index in [1.165, 1.54) is 0 Å². The van der Waals surface area contributed by atoms with Crippen LogP contribution in [0.1, 0.15) is 18.9 Å². The normalized spacial score (nSPS) is 32.9. The van der Waals surface area contributed by atoms with Crippen molar-refractivity contribution >= 4 is 0 Å². The van der Waals surface area contributed by atoms with Crippen LogP contribution in [0, 0.1) is 5.92 Å². The number of rotatable bonds is 1. The maximum Gasteiger partial charge on any atom is 0.0946 e. The Morgan fingerprint density at radius 3 is 2.60 bits per heavy atom. The van der Waals surface area contributed by atoms with Crippen LogP contribution in [-0.2, 0) is 5.60 Å². The molecule has 0 bridgehead atoms. The summed E-state index contributed by atoms with van der Waals surface area (Å²) in [5, 5.41) is 10.7. The second kappa shape index (κ2) is 3.95. The third kappa shape index (κ3) is 1.92. The minimum atomic E-state index is -0.631. The number of hydrogen-bond donors (Lipinski definition) is 1. The zero-order chi connectivity index (χ0) is 10.9. The average molecular weight is 205 g/mol. The van der Waals surface area contributed by atoms with Gasteiger partial charge in [0.2, 0.25) is 0 Å². The molecule has 1 aromatic rings. The Bertz CT molecular complexity index is 325. The summed E-state index contributed by atoms with van der Waals surface area (Å²) in [4.78, 5) is 2.28. The number of likely N-dealkylation sites (tertiary alicyclic amines) is 1. The van der Waals surface area contributed by atoms with E-state index in [0.29, 0.717) is 5.92 Å². The largest absolute Gasteiger partial charge is 0.385 e. The first-order valence-electron chi connectivity index (χ1n) is 5.59. The molecule has 0 spiro atoms.